The van der Waals surface area contributed by atoms with Crippen LogP contribution in [-0.4, -0.2) is 6.66 Å². The van der Waals surface area contributed by atoms with Crippen molar-refractivity contribution in [2.24, 2.45) is 7.05 Å². The van der Waals surface area contributed by atoms with Crippen LogP contribution in [0.25, 0.3) is 32.8 Å². The van der Waals surface area contributed by atoms with Gasteiger partial charge in [-0.15, -0.1) is 0 Å². The van der Waals surface area contributed by atoms with Gasteiger partial charge in [0, 0.05) is 16.2 Å². The lowest BCUT2D eigenvalue weighted by molar-refractivity contribution is -0.658. The van der Waals surface area contributed by atoms with Crippen LogP contribution in [0.4, 0.5) is 4.39 Å². The van der Waals surface area contributed by atoms with Crippen molar-refractivity contribution in [2.75, 3.05) is 6.66 Å². The van der Waals surface area contributed by atoms with Gasteiger partial charge in [-0.25, -0.2) is 4.39 Å². The molecule has 1 unspecified atom stereocenters. The van der Waals surface area contributed by atoms with Crippen molar-refractivity contribution in [2.45, 2.75) is 6.92 Å². The molecular weight excluding hydrogens is 328 g/mol. The molecule has 0 amide bonds. The zero-order chi connectivity index (χ0) is 17.3. The summed E-state index contributed by atoms with van der Waals surface area (Å²) < 4.78 is 16.3. The quantitative estimate of drug-likeness (QED) is 0.330. The molecule has 4 aromatic rings. The summed E-state index contributed by atoms with van der Waals surface area (Å²) in [4.78, 5) is 0. The lowest BCUT2D eigenvalue weighted by Gasteiger charge is -2.26. The zero-order valence-corrected chi connectivity index (χ0v) is 15.4. The Morgan fingerprint density at radius 3 is 2.64 bits per heavy atom. The predicted molar refractivity (Wildman–Crippen MR) is 105 cm³/mol. The Bertz CT molecular complexity index is 1200. The number of pyridine rings is 1. The van der Waals surface area contributed by atoms with Gasteiger partial charge in [0.2, 0.25) is 5.69 Å². The third kappa shape index (κ3) is 1.95. The second kappa shape index (κ2) is 5.09. The third-order valence-electron chi connectivity index (χ3n) is 5.35. The summed E-state index contributed by atoms with van der Waals surface area (Å²) >= 11 is 0. The molecule has 0 N–H and O–H groups in total. The van der Waals surface area contributed by atoms with Gasteiger partial charge in [0.15, 0.2) is 6.20 Å². The van der Waals surface area contributed by atoms with E-state index in [0.29, 0.717) is 0 Å². The van der Waals surface area contributed by atoms with Crippen molar-refractivity contribution >= 4 is 40.1 Å². The summed E-state index contributed by atoms with van der Waals surface area (Å²) in [6.07, 6.45) is 2.13. The largest absolute Gasteiger partial charge is 0.221 e. The molecule has 0 saturated heterocycles. The molecule has 1 aromatic heterocycles. The molecule has 3 heteroatoms. The standard InChI is InChI=1S/C22H18FNP/c1-13-7-8-14-5-4-6-18-20(14)19(13)21-22(25(18)3)17-11-16(23)10-9-15(17)12-24(21)2/h4-12H,1-3H3/q+1. The molecule has 122 valence electrons. The van der Waals surface area contributed by atoms with Crippen LogP contribution in [0.1, 0.15) is 5.56 Å². The fraction of sp³-hybridized carbons (Fsp3) is 0.136. The maximum absolute atomic E-state index is 14.0. The van der Waals surface area contributed by atoms with E-state index in [1.165, 1.54) is 38.2 Å². The molecule has 0 bridgehead atoms. The van der Waals surface area contributed by atoms with E-state index in [9.17, 15) is 4.39 Å². The Kier molecular flexibility index (Phi) is 3.05. The average Bonchev–Trinajstić information content (AvgIpc) is 2.60. The van der Waals surface area contributed by atoms with E-state index in [2.05, 4.69) is 61.7 Å². The first-order valence-corrected chi connectivity index (χ1v) is 10.2. The van der Waals surface area contributed by atoms with E-state index in [1.54, 1.807) is 12.1 Å². The molecule has 0 fully saturated rings. The van der Waals surface area contributed by atoms with E-state index < -0.39 is 7.92 Å². The minimum absolute atomic E-state index is 0.166. The van der Waals surface area contributed by atoms with Crippen molar-refractivity contribution in [1.29, 1.82) is 0 Å². The zero-order valence-electron chi connectivity index (χ0n) is 14.5. The molecule has 1 nitrogen and oxygen atoms in total. The van der Waals surface area contributed by atoms with Crippen molar-refractivity contribution in [3.05, 3.63) is 66.1 Å². The predicted octanol–water partition coefficient (Wildman–Crippen LogP) is 4.31. The summed E-state index contributed by atoms with van der Waals surface area (Å²) in [7, 11) is 1.57. The molecule has 25 heavy (non-hydrogen) atoms. The lowest BCUT2D eigenvalue weighted by atomic mass is 9.95. The summed E-state index contributed by atoms with van der Waals surface area (Å²) in [6.45, 7) is 4.48. The maximum Gasteiger partial charge on any atom is 0.221 e. The van der Waals surface area contributed by atoms with Gasteiger partial charge in [-0.3, -0.25) is 0 Å². The van der Waals surface area contributed by atoms with Gasteiger partial charge in [-0.1, -0.05) is 30.3 Å². The van der Waals surface area contributed by atoms with Crippen LogP contribution in [0, 0.1) is 12.7 Å². The highest BCUT2D eigenvalue weighted by Gasteiger charge is 2.33. The van der Waals surface area contributed by atoms with Crippen LogP contribution in [-0.2, 0) is 7.05 Å². The monoisotopic (exact) mass is 346 g/mol. The van der Waals surface area contributed by atoms with Gasteiger partial charge in [0.25, 0.3) is 0 Å². The van der Waals surface area contributed by atoms with Crippen LogP contribution < -0.4 is 15.2 Å². The summed E-state index contributed by atoms with van der Waals surface area (Å²) in [6, 6.07) is 16.1. The number of aryl methyl sites for hydroxylation is 2. The molecule has 2 heterocycles. The maximum atomic E-state index is 14.0. The number of halogens is 1. The molecule has 1 aliphatic rings. The van der Waals surface area contributed by atoms with Gasteiger partial charge in [-0.2, -0.15) is 4.57 Å². The van der Waals surface area contributed by atoms with Crippen LogP contribution in [0.3, 0.4) is 0 Å². The highest BCUT2D eigenvalue weighted by atomic mass is 31.1. The van der Waals surface area contributed by atoms with Crippen molar-refractivity contribution in [3.8, 4) is 11.3 Å². The smallest absolute Gasteiger partial charge is 0.207 e. The Hall–Kier alpha value is -2.31. The highest BCUT2D eigenvalue weighted by molar-refractivity contribution is 7.73. The second-order valence-corrected chi connectivity index (χ2v) is 8.91. The van der Waals surface area contributed by atoms with E-state index >= 15 is 0 Å². The number of benzene rings is 3. The van der Waals surface area contributed by atoms with E-state index in [4.69, 9.17) is 0 Å². The second-order valence-electron chi connectivity index (χ2n) is 6.86. The molecule has 0 aliphatic carbocycles. The molecule has 1 atom stereocenters. The highest BCUT2D eigenvalue weighted by Crippen LogP contribution is 2.45. The van der Waals surface area contributed by atoms with Crippen LogP contribution in [0.5, 0.6) is 0 Å². The van der Waals surface area contributed by atoms with Gasteiger partial charge in [0.05, 0.1) is 10.9 Å². The summed E-state index contributed by atoms with van der Waals surface area (Å²) in [5.41, 5.74) is 3.82. The van der Waals surface area contributed by atoms with Gasteiger partial charge < -0.3 is 0 Å². The Morgan fingerprint density at radius 2 is 1.80 bits per heavy atom. The van der Waals surface area contributed by atoms with E-state index in [0.717, 1.165) is 10.8 Å². The average molecular weight is 346 g/mol. The number of hydrogen-bond acceptors (Lipinski definition) is 0. The van der Waals surface area contributed by atoms with Crippen molar-refractivity contribution in [3.63, 3.8) is 0 Å². The minimum Gasteiger partial charge on any atom is -0.207 e. The Balaban J connectivity index is 2.07. The fourth-order valence-electron chi connectivity index (χ4n) is 4.22. The number of hydrogen-bond donors (Lipinski definition) is 0. The topological polar surface area (TPSA) is 3.88 Å². The number of nitrogens with zero attached hydrogens (tertiary/aromatic N) is 1. The molecule has 0 spiro atoms. The first-order valence-electron chi connectivity index (χ1n) is 8.44. The molecular formula is C22H18FNP+. The Morgan fingerprint density at radius 1 is 1.00 bits per heavy atom. The van der Waals surface area contributed by atoms with Crippen LogP contribution >= 0.6 is 7.92 Å². The molecule has 0 radical (unpaired) electrons. The van der Waals surface area contributed by atoms with Gasteiger partial charge >= 0.3 is 0 Å². The van der Waals surface area contributed by atoms with Gasteiger partial charge in [-0.05, 0) is 56.0 Å². The first kappa shape index (κ1) is 15.0. The summed E-state index contributed by atoms with van der Waals surface area (Å²) in [5.74, 6) is -0.166. The van der Waals surface area contributed by atoms with Crippen molar-refractivity contribution in [1.82, 2.24) is 0 Å². The summed E-state index contributed by atoms with van der Waals surface area (Å²) in [5, 5.41) is 7.50. The number of rotatable bonds is 0. The normalized spacial score (nSPS) is 15.6. The number of aromatic nitrogens is 1. The van der Waals surface area contributed by atoms with E-state index in [-0.39, 0.29) is 5.82 Å². The molecule has 0 saturated carbocycles. The van der Waals surface area contributed by atoms with Crippen LogP contribution in [0.2, 0.25) is 0 Å². The van der Waals surface area contributed by atoms with Crippen molar-refractivity contribution < 1.29 is 8.96 Å². The van der Waals surface area contributed by atoms with E-state index in [1.807, 2.05) is 6.07 Å². The minimum atomic E-state index is -0.541. The fourth-order valence-corrected chi connectivity index (χ4v) is 6.49. The van der Waals surface area contributed by atoms with Gasteiger partial charge in [0.1, 0.15) is 12.9 Å². The molecule has 5 rings (SSSR count). The molecule has 3 aromatic carbocycles. The number of fused-ring (bicyclic) bond motifs is 4. The molecule has 1 aliphatic heterocycles. The first-order chi connectivity index (χ1) is 12.1. The van der Waals surface area contributed by atoms with Crippen LogP contribution in [0.15, 0.2) is 54.7 Å². The third-order valence-corrected chi connectivity index (χ3v) is 7.56. The lowest BCUT2D eigenvalue weighted by Crippen LogP contribution is -2.39. The SMILES string of the molecule is Cc1ccc2cccc3c2c1-c1c(c2cc(F)ccc2c[n+]1C)P3C. The Labute approximate surface area is 147 Å².